The van der Waals surface area contributed by atoms with Crippen molar-refractivity contribution >= 4 is 0 Å². The minimum absolute atomic E-state index is 0.0663. The summed E-state index contributed by atoms with van der Waals surface area (Å²) in [6, 6.07) is 2.01. The van der Waals surface area contributed by atoms with E-state index in [0.717, 1.165) is 5.69 Å². The summed E-state index contributed by atoms with van der Waals surface area (Å²) in [5.41, 5.74) is 0.805. The van der Waals surface area contributed by atoms with Crippen molar-refractivity contribution in [3.05, 3.63) is 18.0 Å². The monoisotopic (exact) mass is 196 g/mol. The van der Waals surface area contributed by atoms with Gasteiger partial charge in [0.15, 0.2) is 0 Å². The lowest BCUT2D eigenvalue weighted by molar-refractivity contribution is 0.151. The van der Waals surface area contributed by atoms with Crippen LogP contribution in [-0.2, 0) is 11.0 Å². The van der Waals surface area contributed by atoms with Crippen LogP contribution in [0.1, 0.15) is 40.3 Å². The molecule has 0 aliphatic carbocycles. The van der Waals surface area contributed by atoms with Crippen LogP contribution in [0.15, 0.2) is 12.3 Å². The van der Waals surface area contributed by atoms with E-state index in [1.807, 2.05) is 30.8 Å². The molecular weight excluding hydrogens is 176 g/mol. The Labute approximate surface area is 85.8 Å². The molecule has 0 aromatic carbocycles. The van der Waals surface area contributed by atoms with Crippen molar-refractivity contribution in [3.8, 4) is 0 Å². The summed E-state index contributed by atoms with van der Waals surface area (Å²) >= 11 is 0. The van der Waals surface area contributed by atoms with Crippen molar-refractivity contribution in [3.63, 3.8) is 0 Å². The van der Waals surface area contributed by atoms with Crippen molar-refractivity contribution in [1.29, 1.82) is 0 Å². The van der Waals surface area contributed by atoms with Crippen LogP contribution in [0.3, 0.4) is 0 Å². The van der Waals surface area contributed by atoms with Gasteiger partial charge >= 0.3 is 0 Å². The van der Waals surface area contributed by atoms with Gasteiger partial charge in [-0.1, -0.05) is 20.8 Å². The highest BCUT2D eigenvalue weighted by Gasteiger charge is 2.23. The van der Waals surface area contributed by atoms with Crippen molar-refractivity contribution < 1.29 is 5.11 Å². The summed E-state index contributed by atoms with van der Waals surface area (Å²) in [6.07, 6.45) is 1.93. The smallest absolute Gasteiger partial charge is 0.0801 e. The molecule has 80 valence electrons. The van der Waals surface area contributed by atoms with E-state index in [-0.39, 0.29) is 17.6 Å². The van der Waals surface area contributed by atoms with Gasteiger partial charge in [0.2, 0.25) is 0 Å². The molecular formula is C11H20N2O. The Hall–Kier alpha value is -0.830. The number of aromatic nitrogens is 2. The summed E-state index contributed by atoms with van der Waals surface area (Å²) in [5.74, 6) is 0. The molecule has 1 aromatic rings. The largest absolute Gasteiger partial charge is 0.394 e. The minimum Gasteiger partial charge on any atom is -0.394 e. The lowest BCUT2D eigenvalue weighted by Gasteiger charge is -2.23. The molecule has 0 aliphatic rings. The number of aliphatic hydroxyl groups is 1. The normalized spacial score (nSPS) is 13.3. The van der Waals surface area contributed by atoms with Crippen LogP contribution in [0.5, 0.6) is 0 Å². The predicted octanol–water partition coefficient (Wildman–Crippen LogP) is 1.91. The molecule has 0 radical (unpaired) electrons. The molecule has 0 fully saturated rings. The van der Waals surface area contributed by atoms with Gasteiger partial charge in [-0.05, 0) is 19.9 Å². The predicted molar refractivity (Wildman–Crippen MR) is 57.3 cm³/mol. The standard InChI is InChI=1S/C11H20N2O/c1-10(2,3)9-6-7-13(12-9)11(4,5)8-14/h6-7,14H,8H2,1-5H3. The number of nitrogens with zero attached hydrogens (tertiary/aromatic N) is 2. The molecule has 1 heterocycles. The van der Waals surface area contributed by atoms with E-state index in [9.17, 15) is 5.11 Å². The fraction of sp³-hybridized carbons (Fsp3) is 0.727. The zero-order valence-electron chi connectivity index (χ0n) is 9.70. The van der Waals surface area contributed by atoms with E-state index in [0.29, 0.717) is 0 Å². The topological polar surface area (TPSA) is 38.0 Å². The van der Waals surface area contributed by atoms with Gasteiger partial charge in [-0.25, -0.2) is 0 Å². The maximum atomic E-state index is 9.20. The van der Waals surface area contributed by atoms with E-state index in [1.54, 1.807) is 0 Å². The Morgan fingerprint density at radius 1 is 1.29 bits per heavy atom. The zero-order valence-corrected chi connectivity index (χ0v) is 9.70. The number of aliphatic hydroxyl groups excluding tert-OH is 1. The van der Waals surface area contributed by atoms with Gasteiger partial charge in [-0.3, -0.25) is 4.68 Å². The van der Waals surface area contributed by atoms with Gasteiger partial charge in [0.1, 0.15) is 0 Å². The second-order valence-corrected chi connectivity index (χ2v) is 5.37. The summed E-state index contributed by atoms with van der Waals surface area (Å²) in [7, 11) is 0. The van der Waals surface area contributed by atoms with Gasteiger partial charge in [0, 0.05) is 11.6 Å². The van der Waals surface area contributed by atoms with Crippen LogP contribution in [-0.4, -0.2) is 21.5 Å². The average Bonchev–Trinajstić information content (AvgIpc) is 2.51. The summed E-state index contributed by atoms with van der Waals surface area (Å²) in [5, 5.41) is 13.7. The molecule has 0 saturated carbocycles. The van der Waals surface area contributed by atoms with Crippen LogP contribution in [0.4, 0.5) is 0 Å². The second kappa shape index (κ2) is 3.39. The second-order valence-electron chi connectivity index (χ2n) is 5.37. The van der Waals surface area contributed by atoms with Gasteiger partial charge < -0.3 is 5.11 Å². The maximum Gasteiger partial charge on any atom is 0.0801 e. The first kappa shape index (κ1) is 11.2. The molecule has 0 saturated heterocycles. The fourth-order valence-corrected chi connectivity index (χ4v) is 1.13. The maximum absolute atomic E-state index is 9.20. The van der Waals surface area contributed by atoms with Crippen LogP contribution in [0.25, 0.3) is 0 Å². The Balaban J connectivity index is 3.00. The number of hydrogen-bond acceptors (Lipinski definition) is 2. The highest BCUT2D eigenvalue weighted by Crippen LogP contribution is 2.22. The molecule has 1 rings (SSSR count). The molecule has 0 unspecified atom stereocenters. The lowest BCUT2D eigenvalue weighted by atomic mass is 9.93. The third kappa shape index (κ3) is 2.15. The molecule has 0 amide bonds. The van der Waals surface area contributed by atoms with E-state index in [4.69, 9.17) is 0 Å². The summed E-state index contributed by atoms with van der Waals surface area (Å²) < 4.78 is 1.83. The Morgan fingerprint density at radius 3 is 2.21 bits per heavy atom. The Bertz CT molecular complexity index is 307. The van der Waals surface area contributed by atoms with Crippen molar-refractivity contribution in [2.75, 3.05) is 6.61 Å². The lowest BCUT2D eigenvalue weighted by Crippen LogP contribution is -2.31. The van der Waals surface area contributed by atoms with Gasteiger partial charge in [0.25, 0.3) is 0 Å². The van der Waals surface area contributed by atoms with Crippen molar-refractivity contribution in [2.24, 2.45) is 0 Å². The molecule has 14 heavy (non-hydrogen) atoms. The van der Waals surface area contributed by atoms with Crippen LogP contribution in [0, 0.1) is 0 Å². The van der Waals surface area contributed by atoms with Gasteiger partial charge in [-0.2, -0.15) is 5.10 Å². The molecule has 0 spiro atoms. The Morgan fingerprint density at radius 2 is 1.86 bits per heavy atom. The minimum atomic E-state index is -0.316. The molecule has 1 aromatic heterocycles. The van der Waals surface area contributed by atoms with Crippen molar-refractivity contribution in [2.45, 2.75) is 45.6 Å². The highest BCUT2D eigenvalue weighted by atomic mass is 16.3. The van der Waals surface area contributed by atoms with Crippen molar-refractivity contribution in [1.82, 2.24) is 9.78 Å². The summed E-state index contributed by atoms with van der Waals surface area (Å²) in [6.45, 7) is 10.4. The zero-order chi connectivity index (χ0) is 11.0. The first-order valence-corrected chi connectivity index (χ1v) is 4.95. The summed E-state index contributed by atoms with van der Waals surface area (Å²) in [4.78, 5) is 0. The molecule has 1 N–H and O–H groups in total. The molecule has 0 bridgehead atoms. The quantitative estimate of drug-likeness (QED) is 0.784. The van der Waals surface area contributed by atoms with Gasteiger partial charge in [-0.15, -0.1) is 0 Å². The average molecular weight is 196 g/mol. The van der Waals surface area contributed by atoms with E-state index < -0.39 is 0 Å². The third-order valence-corrected chi connectivity index (χ3v) is 2.36. The number of hydrogen-bond donors (Lipinski definition) is 1. The van der Waals surface area contributed by atoms with Gasteiger partial charge in [0.05, 0.1) is 17.8 Å². The number of rotatable bonds is 2. The fourth-order valence-electron chi connectivity index (χ4n) is 1.13. The molecule has 0 aliphatic heterocycles. The highest BCUT2D eigenvalue weighted by molar-refractivity contribution is 5.11. The molecule has 0 atom stereocenters. The van der Waals surface area contributed by atoms with E-state index >= 15 is 0 Å². The van der Waals surface area contributed by atoms with E-state index in [1.165, 1.54) is 0 Å². The van der Waals surface area contributed by atoms with Crippen LogP contribution in [0.2, 0.25) is 0 Å². The Kier molecular flexibility index (Phi) is 2.72. The first-order valence-electron chi connectivity index (χ1n) is 4.95. The first-order chi connectivity index (χ1) is 6.27. The SMILES string of the molecule is CC(C)(C)c1ccn(C(C)(C)CO)n1. The molecule has 3 heteroatoms. The third-order valence-electron chi connectivity index (χ3n) is 2.36. The van der Waals surface area contributed by atoms with Crippen LogP contribution < -0.4 is 0 Å². The van der Waals surface area contributed by atoms with Crippen LogP contribution >= 0.6 is 0 Å². The molecule has 3 nitrogen and oxygen atoms in total. The van der Waals surface area contributed by atoms with E-state index in [2.05, 4.69) is 25.9 Å².